The summed E-state index contributed by atoms with van der Waals surface area (Å²) in [5, 5.41) is 0. The zero-order chi connectivity index (χ0) is 11.5. The second kappa shape index (κ2) is 2.99. The maximum atomic E-state index is 11.9. The van der Waals surface area contributed by atoms with E-state index in [1.807, 2.05) is 0 Å². The molecule has 3 rings (SSSR count). The van der Waals surface area contributed by atoms with Gasteiger partial charge in [0.05, 0.1) is 13.0 Å². The fraction of sp³-hybridized carbons (Fsp3) is 0.643. The quantitative estimate of drug-likeness (QED) is 0.499. The number of methoxy groups -OCH3 is 1. The summed E-state index contributed by atoms with van der Waals surface area (Å²) >= 11 is 0. The Morgan fingerprint density at radius 1 is 1.38 bits per heavy atom. The van der Waals surface area contributed by atoms with Crippen molar-refractivity contribution in [2.24, 2.45) is 23.2 Å². The molecule has 3 atom stereocenters. The highest BCUT2D eigenvalue weighted by Gasteiger charge is 2.67. The van der Waals surface area contributed by atoms with Crippen LogP contribution in [0, 0.1) is 23.2 Å². The molecule has 2 saturated carbocycles. The standard InChI is InChI=1S/C14H18O2/c1-8(2)11-9-4-5-10(11)14(6-7-14)12(9)13(15)16-3/h4-5,9-10,12H,6-7H2,1-3H3/t9-,10+,12+/m0/s1. The van der Waals surface area contributed by atoms with Crippen LogP contribution in [0.3, 0.4) is 0 Å². The Bertz CT molecular complexity index is 408. The van der Waals surface area contributed by atoms with Gasteiger partial charge >= 0.3 is 5.97 Å². The number of esters is 1. The lowest BCUT2D eigenvalue weighted by atomic mass is 9.80. The molecule has 0 aliphatic heterocycles. The lowest BCUT2D eigenvalue weighted by molar-refractivity contribution is -0.148. The van der Waals surface area contributed by atoms with Crippen LogP contribution >= 0.6 is 0 Å². The van der Waals surface area contributed by atoms with Gasteiger partial charge in [-0.2, -0.15) is 0 Å². The Balaban J connectivity index is 2.07. The van der Waals surface area contributed by atoms with E-state index in [-0.39, 0.29) is 17.3 Å². The van der Waals surface area contributed by atoms with Crippen LogP contribution in [0.2, 0.25) is 0 Å². The molecule has 2 heteroatoms. The number of allylic oxidation sites excluding steroid dienone is 4. The third-order valence-electron chi connectivity index (χ3n) is 4.66. The zero-order valence-electron chi connectivity index (χ0n) is 10.1. The van der Waals surface area contributed by atoms with Gasteiger partial charge in [0, 0.05) is 11.8 Å². The van der Waals surface area contributed by atoms with E-state index in [4.69, 9.17) is 4.74 Å². The number of fused-ring (bicyclic) bond motifs is 3. The predicted molar refractivity (Wildman–Crippen MR) is 61.7 cm³/mol. The monoisotopic (exact) mass is 218 g/mol. The summed E-state index contributed by atoms with van der Waals surface area (Å²) in [7, 11) is 1.51. The molecule has 3 aliphatic carbocycles. The zero-order valence-corrected chi connectivity index (χ0v) is 10.1. The fourth-order valence-electron chi connectivity index (χ4n) is 3.91. The number of hydrogen-bond donors (Lipinski definition) is 0. The van der Waals surface area contributed by atoms with Gasteiger partial charge in [0.2, 0.25) is 0 Å². The molecule has 86 valence electrons. The molecule has 0 unspecified atom stereocenters. The Kier molecular flexibility index (Phi) is 1.90. The molecule has 0 N–H and O–H groups in total. The molecular formula is C14H18O2. The van der Waals surface area contributed by atoms with Gasteiger partial charge in [-0.25, -0.2) is 0 Å². The summed E-state index contributed by atoms with van der Waals surface area (Å²) in [5.74, 6) is 0.932. The maximum Gasteiger partial charge on any atom is 0.310 e. The van der Waals surface area contributed by atoms with Gasteiger partial charge in [-0.15, -0.1) is 0 Å². The number of ether oxygens (including phenoxy) is 1. The minimum atomic E-state index is -0.00639. The Labute approximate surface area is 96.4 Å². The Morgan fingerprint density at radius 3 is 2.56 bits per heavy atom. The first kappa shape index (κ1) is 10.1. The molecule has 0 aromatic heterocycles. The molecule has 16 heavy (non-hydrogen) atoms. The van der Waals surface area contributed by atoms with Crippen LogP contribution in [0.25, 0.3) is 0 Å². The average Bonchev–Trinajstić information content (AvgIpc) is 2.81. The van der Waals surface area contributed by atoms with Gasteiger partial charge in [0.25, 0.3) is 0 Å². The first-order valence-electron chi connectivity index (χ1n) is 6.05. The van der Waals surface area contributed by atoms with E-state index in [9.17, 15) is 4.79 Å². The number of hydrogen-bond acceptors (Lipinski definition) is 2. The maximum absolute atomic E-state index is 11.9. The molecule has 1 spiro atoms. The van der Waals surface area contributed by atoms with Crippen molar-refractivity contribution in [2.75, 3.05) is 7.11 Å². The smallest absolute Gasteiger partial charge is 0.310 e. The normalized spacial score (nSPS) is 36.9. The van der Waals surface area contributed by atoms with E-state index in [0.29, 0.717) is 11.8 Å². The highest BCUT2D eigenvalue weighted by molar-refractivity contribution is 5.78. The fourth-order valence-corrected chi connectivity index (χ4v) is 3.91. The Morgan fingerprint density at radius 2 is 2.06 bits per heavy atom. The Hall–Kier alpha value is -1.05. The predicted octanol–water partition coefficient (Wildman–Crippen LogP) is 2.71. The first-order chi connectivity index (χ1) is 7.62. The first-order valence-corrected chi connectivity index (χ1v) is 6.05. The van der Waals surface area contributed by atoms with E-state index in [2.05, 4.69) is 26.0 Å². The third kappa shape index (κ3) is 1.00. The summed E-state index contributed by atoms with van der Waals surface area (Å²) in [5.41, 5.74) is 3.12. The van der Waals surface area contributed by atoms with Crippen LogP contribution in [-0.2, 0) is 9.53 Å². The summed E-state index contributed by atoms with van der Waals surface area (Å²) < 4.78 is 5.00. The van der Waals surface area contributed by atoms with Crippen molar-refractivity contribution in [1.29, 1.82) is 0 Å². The molecule has 3 aliphatic rings. The minimum Gasteiger partial charge on any atom is -0.469 e. The van der Waals surface area contributed by atoms with Crippen molar-refractivity contribution in [3.05, 3.63) is 23.3 Å². The van der Waals surface area contributed by atoms with Crippen molar-refractivity contribution in [1.82, 2.24) is 0 Å². The lowest BCUT2D eigenvalue weighted by Gasteiger charge is -2.24. The van der Waals surface area contributed by atoms with Gasteiger partial charge in [-0.3, -0.25) is 4.79 Å². The summed E-state index contributed by atoms with van der Waals surface area (Å²) in [6, 6.07) is 0. The van der Waals surface area contributed by atoms with Crippen molar-refractivity contribution >= 4 is 5.97 Å². The van der Waals surface area contributed by atoms with E-state index in [1.165, 1.54) is 31.1 Å². The average molecular weight is 218 g/mol. The van der Waals surface area contributed by atoms with Crippen LogP contribution in [0.4, 0.5) is 0 Å². The molecule has 0 heterocycles. The van der Waals surface area contributed by atoms with Crippen molar-refractivity contribution in [2.45, 2.75) is 26.7 Å². The van der Waals surface area contributed by atoms with Crippen molar-refractivity contribution in [3.63, 3.8) is 0 Å². The summed E-state index contributed by atoms with van der Waals surface area (Å²) in [6.45, 7) is 4.33. The highest BCUT2D eigenvalue weighted by Crippen LogP contribution is 2.71. The van der Waals surface area contributed by atoms with Crippen LogP contribution in [0.5, 0.6) is 0 Å². The summed E-state index contributed by atoms with van der Waals surface area (Å²) in [4.78, 5) is 11.9. The van der Waals surface area contributed by atoms with E-state index >= 15 is 0 Å². The van der Waals surface area contributed by atoms with Crippen molar-refractivity contribution in [3.8, 4) is 0 Å². The van der Waals surface area contributed by atoms with Gasteiger partial charge in [0.15, 0.2) is 0 Å². The van der Waals surface area contributed by atoms with Crippen LogP contribution < -0.4 is 0 Å². The van der Waals surface area contributed by atoms with E-state index in [0.717, 1.165) is 0 Å². The van der Waals surface area contributed by atoms with Gasteiger partial charge < -0.3 is 4.74 Å². The minimum absolute atomic E-state index is 0.00639. The number of carbonyl (C=O) groups is 1. The second-order valence-corrected chi connectivity index (χ2v) is 5.58. The summed E-state index contributed by atoms with van der Waals surface area (Å²) in [6.07, 6.45) is 6.92. The molecular weight excluding hydrogens is 200 g/mol. The SMILES string of the molecule is COC(=O)[C@H]1[C@H]2C=C[C@H](C2=C(C)C)C12CC2. The molecule has 2 nitrogen and oxygen atoms in total. The molecule has 0 aromatic carbocycles. The van der Waals surface area contributed by atoms with Gasteiger partial charge in [-0.05, 0) is 32.1 Å². The van der Waals surface area contributed by atoms with E-state index in [1.54, 1.807) is 0 Å². The second-order valence-electron chi connectivity index (χ2n) is 5.58. The topological polar surface area (TPSA) is 26.3 Å². The number of rotatable bonds is 1. The molecule has 0 radical (unpaired) electrons. The van der Waals surface area contributed by atoms with Gasteiger partial charge in [0.1, 0.15) is 0 Å². The highest BCUT2D eigenvalue weighted by atomic mass is 16.5. The molecule has 0 aromatic rings. The lowest BCUT2D eigenvalue weighted by Crippen LogP contribution is -2.29. The molecule has 2 bridgehead atoms. The van der Waals surface area contributed by atoms with Gasteiger partial charge in [-0.1, -0.05) is 23.3 Å². The van der Waals surface area contributed by atoms with Crippen LogP contribution in [-0.4, -0.2) is 13.1 Å². The van der Waals surface area contributed by atoms with Crippen molar-refractivity contribution < 1.29 is 9.53 Å². The molecule has 2 fully saturated rings. The molecule has 0 amide bonds. The van der Waals surface area contributed by atoms with E-state index < -0.39 is 0 Å². The van der Waals surface area contributed by atoms with Crippen LogP contribution in [0.15, 0.2) is 23.3 Å². The molecule has 0 saturated heterocycles. The van der Waals surface area contributed by atoms with Crippen LogP contribution in [0.1, 0.15) is 26.7 Å². The third-order valence-corrected chi connectivity index (χ3v) is 4.66. The number of carbonyl (C=O) groups excluding carboxylic acids is 1. The largest absolute Gasteiger partial charge is 0.469 e.